The molecule has 0 saturated heterocycles. The van der Waals surface area contributed by atoms with E-state index in [1.807, 2.05) is 19.9 Å². The summed E-state index contributed by atoms with van der Waals surface area (Å²) in [5.41, 5.74) is 0.281. The van der Waals surface area contributed by atoms with Gasteiger partial charge in [0.15, 0.2) is 0 Å². The maximum atomic E-state index is 11.3. The van der Waals surface area contributed by atoms with Crippen molar-refractivity contribution < 1.29 is 9.53 Å². The van der Waals surface area contributed by atoms with Crippen LogP contribution in [0, 0.1) is 22.7 Å². The van der Waals surface area contributed by atoms with Crippen molar-refractivity contribution >= 4 is 6.09 Å². The molecule has 0 bridgehead atoms. The normalized spacial score (nSPS) is 19.3. The van der Waals surface area contributed by atoms with Gasteiger partial charge in [0.2, 0.25) is 0 Å². The molecule has 4 nitrogen and oxygen atoms in total. The zero-order valence-electron chi connectivity index (χ0n) is 10.3. The van der Waals surface area contributed by atoms with E-state index in [-0.39, 0.29) is 11.3 Å². The zero-order chi connectivity index (χ0) is 13.1. The van der Waals surface area contributed by atoms with Gasteiger partial charge in [-0.05, 0) is 5.41 Å². The molecular formula is C13H16N2O2. The summed E-state index contributed by atoms with van der Waals surface area (Å²) in [4.78, 5) is 12.6. The molecular weight excluding hydrogens is 216 g/mol. The first-order valence-corrected chi connectivity index (χ1v) is 5.26. The standard InChI is InChI=1S/C13H16N2O2/c1-5-13(2,3)11-6-7-15(12(16)17-4)9-10(11)8-14/h5-7,9,11H,1H2,2-4H3. The van der Waals surface area contributed by atoms with Crippen LogP contribution in [0.5, 0.6) is 0 Å². The Morgan fingerprint density at radius 1 is 1.71 bits per heavy atom. The molecule has 0 aromatic rings. The average molecular weight is 232 g/mol. The number of allylic oxidation sites excluding steroid dienone is 3. The minimum Gasteiger partial charge on any atom is -0.452 e. The molecule has 0 fully saturated rings. The summed E-state index contributed by atoms with van der Waals surface area (Å²) in [6, 6.07) is 2.12. The van der Waals surface area contributed by atoms with Crippen LogP contribution in [-0.4, -0.2) is 18.1 Å². The Labute approximate surface area is 101 Å². The van der Waals surface area contributed by atoms with Gasteiger partial charge in [-0.1, -0.05) is 26.0 Å². The molecule has 1 atom stereocenters. The van der Waals surface area contributed by atoms with E-state index < -0.39 is 6.09 Å². The number of ether oxygens (including phenoxy) is 1. The van der Waals surface area contributed by atoms with Gasteiger partial charge in [-0.3, -0.25) is 4.90 Å². The molecule has 0 spiro atoms. The highest BCUT2D eigenvalue weighted by atomic mass is 16.5. The molecule has 17 heavy (non-hydrogen) atoms. The van der Waals surface area contributed by atoms with Crippen molar-refractivity contribution in [2.75, 3.05) is 7.11 Å². The summed E-state index contributed by atoms with van der Waals surface area (Å²) in [5.74, 6) is -0.0779. The van der Waals surface area contributed by atoms with E-state index in [9.17, 15) is 4.79 Å². The summed E-state index contributed by atoms with van der Waals surface area (Å²) >= 11 is 0. The Morgan fingerprint density at radius 3 is 2.82 bits per heavy atom. The van der Waals surface area contributed by atoms with Crippen molar-refractivity contribution in [2.24, 2.45) is 11.3 Å². The van der Waals surface area contributed by atoms with Crippen molar-refractivity contribution in [2.45, 2.75) is 13.8 Å². The van der Waals surface area contributed by atoms with Crippen molar-refractivity contribution in [1.82, 2.24) is 4.90 Å². The van der Waals surface area contributed by atoms with E-state index in [2.05, 4.69) is 17.4 Å². The lowest BCUT2D eigenvalue weighted by Gasteiger charge is -2.32. The molecule has 0 N–H and O–H groups in total. The third-order valence-electron chi connectivity index (χ3n) is 2.89. The van der Waals surface area contributed by atoms with E-state index in [1.54, 1.807) is 12.3 Å². The second-order valence-corrected chi connectivity index (χ2v) is 4.42. The van der Waals surface area contributed by atoms with Gasteiger partial charge >= 0.3 is 6.09 Å². The Bertz CT molecular complexity index is 427. The molecule has 0 aromatic heterocycles. The minimum absolute atomic E-state index is 0.0779. The number of carbonyl (C=O) groups excluding carboxylic acids is 1. The predicted octanol–water partition coefficient (Wildman–Crippen LogP) is 2.82. The van der Waals surface area contributed by atoms with Gasteiger partial charge in [-0.2, -0.15) is 5.26 Å². The van der Waals surface area contributed by atoms with Crippen LogP contribution in [-0.2, 0) is 4.74 Å². The molecule has 1 unspecified atom stereocenters. The zero-order valence-corrected chi connectivity index (χ0v) is 10.3. The van der Waals surface area contributed by atoms with Crippen LogP contribution in [0.25, 0.3) is 0 Å². The SMILES string of the molecule is C=CC(C)(C)C1C=CN(C(=O)OC)C=C1C#N. The Kier molecular flexibility index (Phi) is 3.74. The quantitative estimate of drug-likeness (QED) is 0.688. The first kappa shape index (κ1) is 13.0. The van der Waals surface area contributed by atoms with E-state index in [1.165, 1.54) is 18.2 Å². The Hall–Kier alpha value is -2.02. The number of amides is 1. The number of methoxy groups -OCH3 is 1. The predicted molar refractivity (Wildman–Crippen MR) is 64.5 cm³/mol. The highest BCUT2D eigenvalue weighted by molar-refractivity contribution is 5.71. The van der Waals surface area contributed by atoms with Crippen molar-refractivity contribution in [3.05, 3.63) is 36.7 Å². The van der Waals surface area contributed by atoms with Crippen LogP contribution in [0.15, 0.2) is 36.7 Å². The van der Waals surface area contributed by atoms with Crippen LogP contribution >= 0.6 is 0 Å². The summed E-state index contributed by atoms with van der Waals surface area (Å²) in [6.07, 6.45) is 6.23. The van der Waals surface area contributed by atoms with Crippen molar-refractivity contribution in [3.63, 3.8) is 0 Å². The lowest BCUT2D eigenvalue weighted by Crippen LogP contribution is -2.29. The summed E-state index contributed by atoms with van der Waals surface area (Å²) in [6.45, 7) is 7.76. The van der Waals surface area contributed by atoms with Gasteiger partial charge in [-0.25, -0.2) is 4.79 Å². The molecule has 90 valence electrons. The largest absolute Gasteiger partial charge is 0.452 e. The van der Waals surface area contributed by atoms with Crippen LogP contribution in [0.3, 0.4) is 0 Å². The Balaban J connectivity index is 3.04. The number of hydrogen-bond acceptors (Lipinski definition) is 3. The highest BCUT2D eigenvalue weighted by Crippen LogP contribution is 2.36. The molecule has 1 aliphatic rings. The fraction of sp³-hybridized carbons (Fsp3) is 0.385. The molecule has 1 rings (SSSR count). The number of hydrogen-bond donors (Lipinski definition) is 0. The Morgan fingerprint density at radius 2 is 2.35 bits per heavy atom. The highest BCUT2D eigenvalue weighted by Gasteiger charge is 2.31. The maximum absolute atomic E-state index is 11.3. The van der Waals surface area contributed by atoms with Gasteiger partial charge in [0.05, 0.1) is 18.8 Å². The number of carbonyl (C=O) groups is 1. The number of rotatable bonds is 2. The van der Waals surface area contributed by atoms with E-state index in [0.717, 1.165) is 0 Å². The van der Waals surface area contributed by atoms with Crippen LogP contribution in [0.4, 0.5) is 4.79 Å². The molecule has 0 aromatic carbocycles. The summed E-state index contributed by atoms with van der Waals surface area (Å²) < 4.78 is 4.59. The molecule has 0 radical (unpaired) electrons. The lowest BCUT2D eigenvalue weighted by atomic mass is 9.74. The van der Waals surface area contributed by atoms with Gasteiger partial charge < -0.3 is 4.74 Å². The molecule has 1 heterocycles. The second-order valence-electron chi connectivity index (χ2n) is 4.42. The van der Waals surface area contributed by atoms with Crippen LogP contribution in [0.2, 0.25) is 0 Å². The number of nitrogens with zero attached hydrogens (tertiary/aromatic N) is 2. The maximum Gasteiger partial charge on any atom is 0.417 e. The monoisotopic (exact) mass is 232 g/mol. The summed E-state index contributed by atoms with van der Waals surface area (Å²) in [5, 5.41) is 9.13. The topological polar surface area (TPSA) is 53.3 Å². The third kappa shape index (κ3) is 2.56. The lowest BCUT2D eigenvalue weighted by molar-refractivity contribution is 0.150. The van der Waals surface area contributed by atoms with Gasteiger partial charge in [-0.15, -0.1) is 6.58 Å². The second kappa shape index (κ2) is 4.88. The third-order valence-corrected chi connectivity index (χ3v) is 2.89. The van der Waals surface area contributed by atoms with Crippen molar-refractivity contribution in [1.29, 1.82) is 5.26 Å². The van der Waals surface area contributed by atoms with Gasteiger partial charge in [0.25, 0.3) is 0 Å². The van der Waals surface area contributed by atoms with E-state index in [0.29, 0.717) is 5.57 Å². The smallest absolute Gasteiger partial charge is 0.417 e. The fourth-order valence-electron chi connectivity index (χ4n) is 1.65. The van der Waals surface area contributed by atoms with Crippen LogP contribution in [0.1, 0.15) is 13.8 Å². The van der Waals surface area contributed by atoms with Gasteiger partial charge in [0, 0.05) is 18.3 Å². The number of nitriles is 1. The molecule has 0 saturated carbocycles. The molecule has 4 heteroatoms. The van der Waals surface area contributed by atoms with E-state index in [4.69, 9.17) is 5.26 Å². The average Bonchev–Trinajstić information content (AvgIpc) is 2.36. The molecule has 1 amide bonds. The molecule has 0 aliphatic carbocycles. The fourth-order valence-corrected chi connectivity index (χ4v) is 1.65. The first-order valence-electron chi connectivity index (χ1n) is 5.26. The summed E-state index contributed by atoms with van der Waals surface area (Å²) in [7, 11) is 1.30. The first-order chi connectivity index (χ1) is 7.96. The minimum atomic E-state index is -0.510. The van der Waals surface area contributed by atoms with Crippen LogP contribution < -0.4 is 0 Å². The van der Waals surface area contributed by atoms with Gasteiger partial charge in [0.1, 0.15) is 0 Å². The molecule has 1 aliphatic heterocycles. The van der Waals surface area contributed by atoms with Crippen molar-refractivity contribution in [3.8, 4) is 6.07 Å². The van der Waals surface area contributed by atoms with E-state index >= 15 is 0 Å².